The van der Waals surface area contributed by atoms with Crippen molar-refractivity contribution in [3.63, 3.8) is 0 Å². The minimum absolute atomic E-state index is 0.118. The standard InChI is InChI=1S/C14H12BrClN2O3/c1-2-12(19)17-8-3-4-10(16)11(7-8)18-14(20)9-5-6-21-13(9)15/h3-7H,2H2,1H3,(H,17,19)(H,18,20). The summed E-state index contributed by atoms with van der Waals surface area (Å²) in [6.45, 7) is 1.75. The number of halogens is 2. The van der Waals surface area contributed by atoms with Crippen molar-refractivity contribution in [3.8, 4) is 0 Å². The lowest BCUT2D eigenvalue weighted by atomic mass is 10.2. The molecule has 0 radical (unpaired) electrons. The first kappa shape index (κ1) is 15.6. The second-order valence-electron chi connectivity index (χ2n) is 4.16. The Bertz CT molecular complexity index is 685. The van der Waals surface area contributed by atoms with E-state index in [9.17, 15) is 9.59 Å². The van der Waals surface area contributed by atoms with Crippen molar-refractivity contribution >= 4 is 50.7 Å². The number of amides is 2. The molecule has 0 aliphatic rings. The molecule has 1 aromatic heterocycles. The molecule has 21 heavy (non-hydrogen) atoms. The van der Waals surface area contributed by atoms with Crippen molar-refractivity contribution in [3.05, 3.63) is 45.8 Å². The summed E-state index contributed by atoms with van der Waals surface area (Å²) in [5.41, 5.74) is 1.32. The third-order valence-corrected chi connectivity index (χ3v) is 3.63. The van der Waals surface area contributed by atoms with E-state index in [2.05, 4.69) is 26.6 Å². The van der Waals surface area contributed by atoms with Gasteiger partial charge in [-0.3, -0.25) is 9.59 Å². The molecule has 0 bridgehead atoms. The molecule has 110 valence electrons. The van der Waals surface area contributed by atoms with Gasteiger partial charge in [0, 0.05) is 12.1 Å². The Morgan fingerprint density at radius 3 is 2.67 bits per heavy atom. The summed E-state index contributed by atoms with van der Waals surface area (Å²) < 4.78 is 5.35. The highest BCUT2D eigenvalue weighted by molar-refractivity contribution is 9.10. The van der Waals surface area contributed by atoms with E-state index >= 15 is 0 Å². The maximum absolute atomic E-state index is 12.1. The third kappa shape index (κ3) is 3.86. The van der Waals surface area contributed by atoms with Crippen LogP contribution in [0.3, 0.4) is 0 Å². The summed E-state index contributed by atoms with van der Waals surface area (Å²) in [6, 6.07) is 6.41. The Kier molecular flexibility index (Phi) is 5.03. The highest BCUT2D eigenvalue weighted by atomic mass is 79.9. The summed E-state index contributed by atoms with van der Waals surface area (Å²) in [5, 5.41) is 5.75. The van der Waals surface area contributed by atoms with Gasteiger partial charge in [0.05, 0.1) is 22.5 Å². The summed E-state index contributed by atoms with van der Waals surface area (Å²) in [7, 11) is 0. The molecule has 2 rings (SSSR count). The predicted molar refractivity (Wildman–Crippen MR) is 84.7 cm³/mol. The quantitative estimate of drug-likeness (QED) is 0.842. The lowest BCUT2D eigenvalue weighted by Crippen LogP contribution is -2.13. The molecule has 0 aliphatic heterocycles. The van der Waals surface area contributed by atoms with Crippen LogP contribution in [0.15, 0.2) is 39.6 Å². The molecule has 0 fully saturated rings. The Labute approximate surface area is 134 Å². The molecule has 0 aliphatic carbocycles. The number of anilines is 2. The van der Waals surface area contributed by atoms with Gasteiger partial charge in [0.2, 0.25) is 5.91 Å². The van der Waals surface area contributed by atoms with Crippen molar-refractivity contribution in [2.75, 3.05) is 10.6 Å². The Hall–Kier alpha value is -1.79. The number of carbonyl (C=O) groups is 2. The van der Waals surface area contributed by atoms with Gasteiger partial charge in [-0.05, 0) is 40.2 Å². The Morgan fingerprint density at radius 2 is 2.05 bits per heavy atom. The lowest BCUT2D eigenvalue weighted by molar-refractivity contribution is -0.115. The smallest absolute Gasteiger partial charge is 0.260 e. The van der Waals surface area contributed by atoms with Crippen molar-refractivity contribution in [2.45, 2.75) is 13.3 Å². The van der Waals surface area contributed by atoms with Gasteiger partial charge in [-0.15, -0.1) is 0 Å². The normalized spacial score (nSPS) is 10.2. The van der Waals surface area contributed by atoms with E-state index in [4.69, 9.17) is 16.0 Å². The minimum Gasteiger partial charge on any atom is -0.457 e. The van der Waals surface area contributed by atoms with Crippen LogP contribution in [0.25, 0.3) is 0 Å². The van der Waals surface area contributed by atoms with E-state index in [1.54, 1.807) is 25.1 Å². The molecule has 0 spiro atoms. The SMILES string of the molecule is CCC(=O)Nc1ccc(Cl)c(NC(=O)c2ccoc2Br)c1. The van der Waals surface area contributed by atoms with Crippen LogP contribution in [-0.2, 0) is 4.79 Å². The van der Waals surface area contributed by atoms with Gasteiger partial charge in [-0.2, -0.15) is 0 Å². The van der Waals surface area contributed by atoms with Gasteiger partial charge in [-0.1, -0.05) is 18.5 Å². The first-order chi connectivity index (χ1) is 10.0. The minimum atomic E-state index is -0.364. The van der Waals surface area contributed by atoms with E-state index in [0.717, 1.165) is 0 Å². The van der Waals surface area contributed by atoms with Crippen LogP contribution in [0.5, 0.6) is 0 Å². The van der Waals surface area contributed by atoms with E-state index in [1.807, 2.05) is 0 Å². The number of furan rings is 1. The summed E-state index contributed by atoms with van der Waals surface area (Å²) >= 11 is 9.19. The molecule has 0 atom stereocenters. The van der Waals surface area contributed by atoms with E-state index in [-0.39, 0.29) is 11.8 Å². The Morgan fingerprint density at radius 1 is 1.29 bits per heavy atom. The van der Waals surface area contributed by atoms with Gasteiger partial charge < -0.3 is 15.1 Å². The second-order valence-corrected chi connectivity index (χ2v) is 5.29. The average molecular weight is 372 g/mol. The Balaban J connectivity index is 2.19. The molecular formula is C14H12BrClN2O3. The van der Waals surface area contributed by atoms with Crippen molar-refractivity contribution in [1.29, 1.82) is 0 Å². The number of hydrogen-bond acceptors (Lipinski definition) is 3. The van der Waals surface area contributed by atoms with E-state index < -0.39 is 0 Å². The zero-order chi connectivity index (χ0) is 15.4. The van der Waals surface area contributed by atoms with Crippen LogP contribution < -0.4 is 10.6 Å². The van der Waals surface area contributed by atoms with Gasteiger partial charge in [0.25, 0.3) is 5.91 Å². The van der Waals surface area contributed by atoms with Crippen LogP contribution in [-0.4, -0.2) is 11.8 Å². The maximum atomic E-state index is 12.1. The summed E-state index contributed by atoms with van der Waals surface area (Å²) in [4.78, 5) is 23.5. The number of nitrogens with one attached hydrogen (secondary N) is 2. The molecule has 1 aromatic carbocycles. The lowest BCUT2D eigenvalue weighted by Gasteiger charge is -2.10. The first-order valence-electron chi connectivity index (χ1n) is 6.15. The molecule has 0 saturated carbocycles. The van der Waals surface area contributed by atoms with Crippen LogP contribution in [0, 0.1) is 0 Å². The second kappa shape index (κ2) is 6.78. The van der Waals surface area contributed by atoms with Gasteiger partial charge in [0.15, 0.2) is 4.67 Å². The first-order valence-corrected chi connectivity index (χ1v) is 7.32. The largest absolute Gasteiger partial charge is 0.457 e. The predicted octanol–water partition coefficient (Wildman–Crippen LogP) is 4.30. The molecule has 2 aromatic rings. The zero-order valence-corrected chi connectivity index (χ0v) is 13.4. The van der Waals surface area contributed by atoms with Gasteiger partial charge >= 0.3 is 0 Å². The van der Waals surface area contributed by atoms with Crippen molar-refractivity contribution in [2.24, 2.45) is 0 Å². The summed E-state index contributed by atoms with van der Waals surface area (Å²) in [6.07, 6.45) is 1.77. The molecule has 0 saturated heterocycles. The fraction of sp³-hybridized carbons (Fsp3) is 0.143. The van der Waals surface area contributed by atoms with Crippen LogP contribution in [0.4, 0.5) is 11.4 Å². The number of hydrogen-bond donors (Lipinski definition) is 2. The topological polar surface area (TPSA) is 71.3 Å². The molecule has 2 N–H and O–H groups in total. The summed E-state index contributed by atoms with van der Waals surface area (Å²) in [5.74, 6) is -0.483. The molecule has 7 heteroatoms. The van der Waals surface area contributed by atoms with E-state index in [1.165, 1.54) is 12.3 Å². The molecule has 0 unspecified atom stereocenters. The third-order valence-electron chi connectivity index (χ3n) is 2.68. The molecular weight excluding hydrogens is 360 g/mol. The number of rotatable bonds is 4. The fourth-order valence-electron chi connectivity index (χ4n) is 1.59. The van der Waals surface area contributed by atoms with Crippen LogP contribution in [0.1, 0.15) is 23.7 Å². The van der Waals surface area contributed by atoms with Gasteiger partial charge in [0.1, 0.15) is 0 Å². The average Bonchev–Trinajstić information content (AvgIpc) is 2.88. The van der Waals surface area contributed by atoms with E-state index in [0.29, 0.717) is 33.1 Å². The molecule has 1 heterocycles. The maximum Gasteiger partial charge on any atom is 0.260 e. The zero-order valence-electron chi connectivity index (χ0n) is 11.1. The van der Waals surface area contributed by atoms with Crippen molar-refractivity contribution < 1.29 is 14.0 Å². The molecule has 2 amide bonds. The molecule has 5 nitrogen and oxygen atoms in total. The highest BCUT2D eigenvalue weighted by Gasteiger charge is 2.14. The van der Waals surface area contributed by atoms with Crippen molar-refractivity contribution in [1.82, 2.24) is 0 Å². The fourth-order valence-corrected chi connectivity index (χ4v) is 2.18. The number of benzene rings is 1. The van der Waals surface area contributed by atoms with Crippen LogP contribution in [0.2, 0.25) is 5.02 Å². The monoisotopic (exact) mass is 370 g/mol. The van der Waals surface area contributed by atoms with Gasteiger partial charge in [-0.25, -0.2) is 0 Å². The highest BCUT2D eigenvalue weighted by Crippen LogP contribution is 2.27. The number of carbonyl (C=O) groups excluding carboxylic acids is 2. The van der Waals surface area contributed by atoms with Crippen LogP contribution >= 0.6 is 27.5 Å².